The number of piperidine rings is 1. The Kier molecular flexibility index (Phi) is 5.83. The first-order valence-electron chi connectivity index (χ1n) is 11.7. The largest absolute Gasteiger partial charge is 0.347 e. The molecule has 3 heterocycles. The van der Waals surface area contributed by atoms with Crippen LogP contribution in [0.15, 0.2) is 30.5 Å². The van der Waals surface area contributed by atoms with Gasteiger partial charge in [-0.3, -0.25) is 9.89 Å². The Morgan fingerprint density at radius 1 is 1.18 bits per heavy atom. The maximum atomic E-state index is 13.9. The van der Waals surface area contributed by atoms with Crippen LogP contribution in [0.25, 0.3) is 11.1 Å². The average molecular weight is 449 g/mol. The van der Waals surface area contributed by atoms with E-state index in [-0.39, 0.29) is 17.6 Å². The number of anilines is 1. The third-order valence-corrected chi connectivity index (χ3v) is 6.77. The van der Waals surface area contributed by atoms with Crippen LogP contribution in [0, 0.1) is 5.82 Å². The van der Waals surface area contributed by atoms with Gasteiger partial charge in [0.15, 0.2) is 5.69 Å². The molecule has 2 aliphatic rings. The molecule has 1 amide bonds. The van der Waals surface area contributed by atoms with Crippen LogP contribution in [0.5, 0.6) is 0 Å². The summed E-state index contributed by atoms with van der Waals surface area (Å²) in [5, 5.41) is 7.44. The highest BCUT2D eigenvalue weighted by Crippen LogP contribution is 2.35. The Bertz CT molecular complexity index is 1170. The van der Waals surface area contributed by atoms with Gasteiger partial charge < -0.3 is 9.80 Å². The number of aromatic amines is 1. The Morgan fingerprint density at radius 2 is 1.97 bits per heavy atom. The van der Waals surface area contributed by atoms with Gasteiger partial charge in [-0.05, 0) is 56.2 Å². The van der Waals surface area contributed by atoms with Crippen molar-refractivity contribution in [2.24, 2.45) is 0 Å². The minimum absolute atomic E-state index is 0.0230. The van der Waals surface area contributed by atoms with Gasteiger partial charge >= 0.3 is 0 Å². The van der Waals surface area contributed by atoms with E-state index in [4.69, 9.17) is 4.98 Å². The van der Waals surface area contributed by atoms with Crippen LogP contribution in [0.4, 0.5) is 10.3 Å². The lowest BCUT2D eigenvalue weighted by molar-refractivity contribution is 0.0705. The molecule has 1 aliphatic carbocycles. The molecule has 3 aromatic rings. The summed E-state index contributed by atoms with van der Waals surface area (Å²) < 4.78 is 13.9. The smallest absolute Gasteiger partial charge is 0.274 e. The number of rotatable bonds is 4. The van der Waals surface area contributed by atoms with E-state index in [9.17, 15) is 9.18 Å². The van der Waals surface area contributed by atoms with Crippen LogP contribution in [-0.4, -0.2) is 58.2 Å². The van der Waals surface area contributed by atoms with Crippen LogP contribution in [0.1, 0.15) is 59.0 Å². The number of benzene rings is 1. The van der Waals surface area contributed by atoms with Crippen molar-refractivity contribution in [3.63, 3.8) is 0 Å². The Hall–Kier alpha value is -3.29. The van der Waals surface area contributed by atoms with Gasteiger partial charge in [-0.2, -0.15) is 5.10 Å². The van der Waals surface area contributed by atoms with Gasteiger partial charge in [-0.15, -0.1) is 0 Å². The van der Waals surface area contributed by atoms with Crippen LogP contribution in [0.2, 0.25) is 0 Å². The molecule has 0 radical (unpaired) electrons. The highest BCUT2D eigenvalue weighted by Gasteiger charge is 2.31. The lowest BCUT2D eigenvalue weighted by Crippen LogP contribution is -2.39. The molecule has 1 aliphatic heterocycles. The van der Waals surface area contributed by atoms with E-state index in [1.807, 2.05) is 30.0 Å². The predicted octanol–water partition coefficient (Wildman–Crippen LogP) is 3.97. The molecule has 1 N–H and O–H groups in total. The number of nitrogens with one attached hydrogen (secondary N) is 1. The van der Waals surface area contributed by atoms with E-state index in [1.54, 1.807) is 12.3 Å². The number of fused-ring (bicyclic) bond motifs is 1. The average Bonchev–Trinajstić information content (AvgIpc) is 3.27. The highest BCUT2D eigenvalue weighted by molar-refractivity contribution is 5.94. The van der Waals surface area contributed by atoms with Crippen LogP contribution < -0.4 is 4.90 Å². The third kappa shape index (κ3) is 4.21. The third-order valence-electron chi connectivity index (χ3n) is 6.77. The number of likely N-dealkylation sites (tertiary alicyclic amines) is 1. The Morgan fingerprint density at radius 3 is 2.73 bits per heavy atom. The lowest BCUT2D eigenvalue weighted by Gasteiger charge is -2.32. The molecule has 0 spiro atoms. The topological polar surface area (TPSA) is 78.0 Å². The SMILES string of the molecule is CN(C)c1ncc(-c2cccc(F)c2)c(C2CCN(C(=O)c3n[nH]c4c3CCCC4)CC2)n1. The minimum Gasteiger partial charge on any atom is -0.347 e. The van der Waals surface area contributed by atoms with Gasteiger partial charge in [-0.25, -0.2) is 14.4 Å². The summed E-state index contributed by atoms with van der Waals surface area (Å²) in [6.45, 7) is 1.30. The van der Waals surface area contributed by atoms with Crippen molar-refractivity contribution in [1.82, 2.24) is 25.1 Å². The second-order valence-electron chi connectivity index (χ2n) is 9.18. The summed E-state index contributed by atoms with van der Waals surface area (Å²) in [5.41, 5.74) is 5.37. The number of aryl methyl sites for hydroxylation is 1. The number of amides is 1. The molecule has 0 atom stereocenters. The van der Waals surface area contributed by atoms with E-state index >= 15 is 0 Å². The Labute approximate surface area is 193 Å². The van der Waals surface area contributed by atoms with Crippen molar-refractivity contribution in [2.45, 2.75) is 44.4 Å². The van der Waals surface area contributed by atoms with Gasteiger partial charge in [0, 0.05) is 56.1 Å². The molecular weight excluding hydrogens is 419 g/mol. The van der Waals surface area contributed by atoms with Crippen molar-refractivity contribution in [1.29, 1.82) is 0 Å². The number of hydrogen-bond donors (Lipinski definition) is 1. The van der Waals surface area contributed by atoms with Crippen molar-refractivity contribution >= 4 is 11.9 Å². The van der Waals surface area contributed by atoms with Crippen molar-refractivity contribution in [2.75, 3.05) is 32.1 Å². The molecule has 5 rings (SSSR count). The normalized spacial score (nSPS) is 16.5. The molecule has 33 heavy (non-hydrogen) atoms. The summed E-state index contributed by atoms with van der Waals surface area (Å²) in [6, 6.07) is 6.56. The molecule has 172 valence electrons. The first-order chi connectivity index (χ1) is 16.0. The maximum absolute atomic E-state index is 13.9. The van der Waals surface area contributed by atoms with Crippen LogP contribution in [0.3, 0.4) is 0 Å². The zero-order valence-corrected chi connectivity index (χ0v) is 19.1. The second-order valence-corrected chi connectivity index (χ2v) is 9.18. The molecule has 0 saturated carbocycles. The monoisotopic (exact) mass is 448 g/mol. The summed E-state index contributed by atoms with van der Waals surface area (Å²) in [5.74, 6) is 0.543. The zero-order chi connectivity index (χ0) is 22.9. The Balaban J connectivity index is 1.38. The van der Waals surface area contributed by atoms with E-state index < -0.39 is 0 Å². The molecule has 8 heteroatoms. The lowest BCUT2D eigenvalue weighted by atomic mass is 9.88. The number of nitrogens with zero attached hydrogens (tertiary/aromatic N) is 5. The number of halogens is 1. The van der Waals surface area contributed by atoms with Gasteiger partial charge in [0.1, 0.15) is 5.82 Å². The zero-order valence-electron chi connectivity index (χ0n) is 19.1. The molecule has 1 saturated heterocycles. The minimum atomic E-state index is -0.280. The number of carbonyl (C=O) groups excluding carboxylic acids is 1. The fourth-order valence-electron chi connectivity index (χ4n) is 4.95. The molecule has 0 bridgehead atoms. The molecule has 0 unspecified atom stereocenters. The van der Waals surface area contributed by atoms with Crippen molar-refractivity contribution < 1.29 is 9.18 Å². The van der Waals surface area contributed by atoms with Crippen LogP contribution >= 0.6 is 0 Å². The van der Waals surface area contributed by atoms with Crippen LogP contribution in [-0.2, 0) is 12.8 Å². The predicted molar refractivity (Wildman–Crippen MR) is 125 cm³/mol. The maximum Gasteiger partial charge on any atom is 0.274 e. The number of aromatic nitrogens is 4. The van der Waals surface area contributed by atoms with E-state index in [1.165, 1.54) is 12.1 Å². The van der Waals surface area contributed by atoms with Gasteiger partial charge in [-0.1, -0.05) is 12.1 Å². The highest BCUT2D eigenvalue weighted by atomic mass is 19.1. The molecular formula is C25H29FN6O. The number of hydrogen-bond acceptors (Lipinski definition) is 5. The second kappa shape index (κ2) is 8.92. The van der Waals surface area contributed by atoms with Gasteiger partial charge in [0.25, 0.3) is 5.91 Å². The number of carbonyl (C=O) groups is 1. The molecule has 1 aromatic carbocycles. The van der Waals surface area contributed by atoms with Crippen molar-refractivity contribution in [3.05, 3.63) is 58.9 Å². The van der Waals surface area contributed by atoms with E-state index in [0.29, 0.717) is 24.7 Å². The molecule has 7 nitrogen and oxygen atoms in total. The fourth-order valence-corrected chi connectivity index (χ4v) is 4.95. The fraction of sp³-hybridized carbons (Fsp3) is 0.440. The van der Waals surface area contributed by atoms with Gasteiger partial charge in [0.05, 0.1) is 5.69 Å². The first-order valence-corrected chi connectivity index (χ1v) is 11.7. The standard InChI is InChI=1S/C25H29FN6O/c1-31(2)25-27-15-20(17-6-5-7-18(26)14-17)22(28-25)16-10-12-32(13-11-16)24(33)23-19-8-3-4-9-21(19)29-30-23/h5-7,14-16H,3-4,8-13H2,1-2H3,(H,29,30). The van der Waals surface area contributed by atoms with E-state index in [0.717, 1.165) is 66.6 Å². The van der Waals surface area contributed by atoms with Crippen molar-refractivity contribution in [3.8, 4) is 11.1 Å². The summed E-state index contributed by atoms with van der Waals surface area (Å²) in [4.78, 5) is 26.3. The summed E-state index contributed by atoms with van der Waals surface area (Å²) in [6.07, 6.45) is 7.54. The summed E-state index contributed by atoms with van der Waals surface area (Å²) >= 11 is 0. The quantitative estimate of drug-likeness (QED) is 0.654. The molecule has 2 aromatic heterocycles. The number of H-pyrrole nitrogens is 1. The molecule has 1 fully saturated rings. The summed E-state index contributed by atoms with van der Waals surface area (Å²) in [7, 11) is 3.82. The van der Waals surface area contributed by atoms with Gasteiger partial charge in [0.2, 0.25) is 5.95 Å². The van der Waals surface area contributed by atoms with E-state index in [2.05, 4.69) is 15.2 Å². The first kappa shape index (κ1) is 21.6.